The number of nitrogens with two attached hydrogens (primary N) is 2. The highest BCUT2D eigenvalue weighted by Gasteiger charge is 2.43. The smallest absolute Gasteiger partial charge is 0.273 e. The van der Waals surface area contributed by atoms with Crippen molar-refractivity contribution in [2.75, 3.05) is 0 Å². The van der Waals surface area contributed by atoms with E-state index in [0.717, 1.165) is 6.07 Å². The Kier molecular flexibility index (Phi) is 5.53. The Balaban J connectivity index is 2.50. The molecular weight excluding hydrogens is 369 g/mol. The van der Waals surface area contributed by atoms with Gasteiger partial charge in [-0.25, -0.2) is 0 Å². The summed E-state index contributed by atoms with van der Waals surface area (Å²) in [5.41, 5.74) is 10.1. The molecule has 25 heavy (non-hydrogen) atoms. The van der Waals surface area contributed by atoms with E-state index in [9.17, 15) is 14.9 Å². The molecule has 0 aliphatic heterocycles. The summed E-state index contributed by atoms with van der Waals surface area (Å²) in [6, 6.07) is 2.67. The van der Waals surface area contributed by atoms with Crippen LogP contribution in [0.2, 0.25) is 0 Å². The van der Waals surface area contributed by atoms with Crippen LogP contribution in [0.25, 0.3) is 0 Å². The van der Waals surface area contributed by atoms with Crippen molar-refractivity contribution in [3.8, 4) is 5.75 Å². The van der Waals surface area contributed by atoms with E-state index in [-0.39, 0.29) is 33.2 Å². The Morgan fingerprint density at radius 1 is 1.36 bits per heavy atom. The van der Waals surface area contributed by atoms with Crippen LogP contribution < -0.4 is 16.2 Å². The average molecular weight is 386 g/mol. The zero-order valence-corrected chi connectivity index (χ0v) is 15.0. The number of ketones is 1. The lowest BCUT2D eigenvalue weighted by molar-refractivity contribution is -0.385. The van der Waals surface area contributed by atoms with Crippen molar-refractivity contribution in [1.82, 2.24) is 0 Å². The van der Waals surface area contributed by atoms with Crippen molar-refractivity contribution in [1.29, 1.82) is 0 Å². The van der Waals surface area contributed by atoms with Crippen LogP contribution in [0.4, 0.5) is 5.69 Å². The van der Waals surface area contributed by atoms with E-state index in [2.05, 4.69) is 0 Å². The quantitative estimate of drug-likeness (QED) is 0.456. The molecule has 1 aliphatic rings. The van der Waals surface area contributed by atoms with Gasteiger partial charge in [0.25, 0.3) is 5.69 Å². The number of hydrogen-bond donors (Lipinski definition) is 2. The van der Waals surface area contributed by atoms with Crippen LogP contribution in [-0.2, 0) is 0 Å². The normalized spacial score (nSPS) is 23.1. The molecule has 0 saturated carbocycles. The van der Waals surface area contributed by atoms with Gasteiger partial charge in [0.2, 0.25) is 0 Å². The lowest BCUT2D eigenvalue weighted by Gasteiger charge is -2.33. The second-order valence-electron chi connectivity index (χ2n) is 5.91. The summed E-state index contributed by atoms with van der Waals surface area (Å²) < 4.78 is 5.48. The first kappa shape index (κ1) is 19.4. The fraction of sp³-hybridized carbons (Fsp3) is 0.312. The monoisotopic (exact) mass is 385 g/mol. The number of allylic oxidation sites excluding steroid dienone is 2. The molecule has 0 aromatic heterocycles. The van der Waals surface area contributed by atoms with Crippen molar-refractivity contribution in [2.24, 2.45) is 11.5 Å². The van der Waals surface area contributed by atoms with E-state index in [0.29, 0.717) is 0 Å². The highest BCUT2D eigenvalue weighted by atomic mass is 35.5. The van der Waals surface area contributed by atoms with Crippen LogP contribution in [0, 0.1) is 10.1 Å². The van der Waals surface area contributed by atoms with Gasteiger partial charge in [-0.3, -0.25) is 14.9 Å². The third-order valence-corrected chi connectivity index (χ3v) is 4.52. The minimum Gasteiger partial charge on any atom is -0.491 e. The molecule has 1 aromatic rings. The van der Waals surface area contributed by atoms with E-state index in [1.807, 2.05) is 0 Å². The van der Waals surface area contributed by atoms with Crippen molar-refractivity contribution in [3.05, 3.63) is 56.1 Å². The number of carbonyl (C=O) groups excluding carboxylic acids is 1. The molecule has 2 rings (SSSR count). The Hall–Kier alpha value is -1.93. The number of rotatable bonds is 5. The minimum absolute atomic E-state index is 0.00469. The number of carbonyl (C=O) groups is 1. The number of benzene rings is 1. The molecule has 0 fully saturated rings. The second kappa shape index (κ2) is 7.13. The van der Waals surface area contributed by atoms with Crippen LogP contribution >= 0.6 is 23.2 Å². The Bertz CT molecular complexity index is 792. The molecule has 0 amide bonds. The molecule has 1 aromatic carbocycles. The van der Waals surface area contributed by atoms with Crippen molar-refractivity contribution >= 4 is 34.7 Å². The summed E-state index contributed by atoms with van der Waals surface area (Å²) in [5.74, 6) is -0.444. The molecule has 2 unspecified atom stereocenters. The fourth-order valence-electron chi connectivity index (χ4n) is 2.38. The summed E-state index contributed by atoms with van der Waals surface area (Å²) in [4.78, 5) is 23.5. The maximum absolute atomic E-state index is 12.9. The fourth-order valence-corrected chi connectivity index (χ4v) is 2.80. The van der Waals surface area contributed by atoms with Crippen LogP contribution in [0.5, 0.6) is 5.75 Å². The Morgan fingerprint density at radius 3 is 2.56 bits per heavy atom. The van der Waals surface area contributed by atoms with E-state index in [1.165, 1.54) is 24.3 Å². The first-order valence-corrected chi connectivity index (χ1v) is 8.11. The van der Waals surface area contributed by atoms with Crippen LogP contribution in [-0.4, -0.2) is 28.4 Å². The van der Waals surface area contributed by atoms with Gasteiger partial charge >= 0.3 is 0 Å². The Morgan fingerprint density at radius 2 is 2.00 bits per heavy atom. The van der Waals surface area contributed by atoms with Gasteiger partial charge in [-0.05, 0) is 26.0 Å². The third kappa shape index (κ3) is 3.85. The molecule has 9 heteroatoms. The number of nitro groups is 1. The summed E-state index contributed by atoms with van der Waals surface area (Å²) in [7, 11) is 0. The summed E-state index contributed by atoms with van der Waals surface area (Å²) in [5, 5.41) is 11.4. The molecule has 0 saturated heterocycles. The second-order valence-corrected chi connectivity index (χ2v) is 6.72. The number of Topliss-reactive ketones (excluding diaryl/α,β-unsaturated/α-hetero) is 1. The SMILES string of the molecule is CC(C)Oc1cc(C(=O)C2(N)C=CC(Cl)=C(Cl)C2N)cc([N+](=O)[O-])c1. The first-order chi connectivity index (χ1) is 11.6. The average Bonchev–Trinajstić information content (AvgIpc) is 2.55. The number of non-ortho nitro benzene ring substituents is 1. The zero-order valence-electron chi connectivity index (χ0n) is 13.5. The van der Waals surface area contributed by atoms with E-state index in [4.69, 9.17) is 39.4 Å². The van der Waals surface area contributed by atoms with Crippen molar-refractivity contribution < 1.29 is 14.5 Å². The van der Waals surface area contributed by atoms with Gasteiger partial charge < -0.3 is 16.2 Å². The summed E-state index contributed by atoms with van der Waals surface area (Å²) in [6.07, 6.45) is 2.49. The van der Waals surface area contributed by atoms with Gasteiger partial charge in [0.1, 0.15) is 11.3 Å². The first-order valence-electron chi connectivity index (χ1n) is 7.36. The lowest BCUT2D eigenvalue weighted by Crippen LogP contribution is -2.60. The molecule has 0 bridgehead atoms. The van der Waals surface area contributed by atoms with E-state index in [1.54, 1.807) is 13.8 Å². The van der Waals surface area contributed by atoms with Gasteiger partial charge in [0.05, 0.1) is 33.2 Å². The van der Waals surface area contributed by atoms with E-state index < -0.39 is 22.3 Å². The molecule has 0 spiro atoms. The van der Waals surface area contributed by atoms with Crippen molar-refractivity contribution in [2.45, 2.75) is 31.5 Å². The van der Waals surface area contributed by atoms with Crippen LogP contribution in [0.1, 0.15) is 24.2 Å². The number of hydrogen-bond acceptors (Lipinski definition) is 6. The molecule has 134 valence electrons. The molecule has 1 aliphatic carbocycles. The van der Waals surface area contributed by atoms with Gasteiger partial charge in [-0.15, -0.1) is 0 Å². The maximum Gasteiger partial charge on any atom is 0.273 e. The standard InChI is InChI=1S/C16H17Cl2N3O4/c1-8(2)25-11-6-9(5-10(7-11)21(23)24)15(22)16(20)4-3-12(17)13(18)14(16)19/h3-8,14H,19-20H2,1-2H3. The van der Waals surface area contributed by atoms with Gasteiger partial charge in [0, 0.05) is 11.6 Å². The van der Waals surface area contributed by atoms with Gasteiger partial charge in [-0.1, -0.05) is 29.3 Å². The number of halogens is 2. The zero-order chi connectivity index (χ0) is 18.9. The number of nitrogens with zero attached hydrogens (tertiary/aromatic N) is 1. The predicted molar refractivity (Wildman–Crippen MR) is 96.0 cm³/mol. The topological polar surface area (TPSA) is 121 Å². The number of nitro benzene ring substituents is 1. The molecule has 2 atom stereocenters. The molecule has 4 N–H and O–H groups in total. The van der Waals surface area contributed by atoms with Crippen molar-refractivity contribution in [3.63, 3.8) is 0 Å². The van der Waals surface area contributed by atoms with E-state index >= 15 is 0 Å². The molecule has 0 heterocycles. The minimum atomic E-state index is -1.68. The van der Waals surface area contributed by atoms with Gasteiger partial charge in [-0.2, -0.15) is 0 Å². The summed E-state index contributed by atoms with van der Waals surface area (Å²) in [6.45, 7) is 3.52. The largest absolute Gasteiger partial charge is 0.491 e. The molecule has 7 nitrogen and oxygen atoms in total. The van der Waals surface area contributed by atoms with Crippen LogP contribution in [0.15, 0.2) is 40.4 Å². The predicted octanol–water partition coefficient (Wildman–Crippen LogP) is 2.85. The highest BCUT2D eigenvalue weighted by Crippen LogP contribution is 2.33. The third-order valence-electron chi connectivity index (χ3n) is 3.65. The van der Waals surface area contributed by atoms with Crippen LogP contribution in [0.3, 0.4) is 0 Å². The molecular formula is C16H17Cl2N3O4. The lowest BCUT2D eigenvalue weighted by atomic mass is 9.80. The summed E-state index contributed by atoms with van der Waals surface area (Å²) >= 11 is 11.9. The highest BCUT2D eigenvalue weighted by molar-refractivity contribution is 6.41. The van der Waals surface area contributed by atoms with Gasteiger partial charge in [0.15, 0.2) is 5.78 Å². The maximum atomic E-state index is 12.9. The molecule has 0 radical (unpaired) electrons. The number of ether oxygens (including phenoxy) is 1. The Labute approximate surface area is 154 Å².